The van der Waals surface area contributed by atoms with Gasteiger partial charge in [0.2, 0.25) is 0 Å². The second-order valence-electron chi connectivity index (χ2n) is 6.28. The molecule has 2 heterocycles. The molecule has 20 heavy (non-hydrogen) atoms. The van der Waals surface area contributed by atoms with Crippen molar-refractivity contribution in [3.05, 3.63) is 10.6 Å². The fourth-order valence-electron chi connectivity index (χ4n) is 2.76. The van der Waals surface area contributed by atoms with E-state index in [1.165, 1.54) is 41.5 Å². The van der Waals surface area contributed by atoms with Crippen LogP contribution in [0, 0.1) is 5.92 Å². The lowest BCUT2D eigenvalue weighted by Crippen LogP contribution is -2.37. The average Bonchev–Trinajstić information content (AvgIpc) is 2.82. The van der Waals surface area contributed by atoms with Gasteiger partial charge in [0, 0.05) is 24.0 Å². The van der Waals surface area contributed by atoms with Gasteiger partial charge in [-0.25, -0.2) is 4.98 Å². The van der Waals surface area contributed by atoms with Crippen molar-refractivity contribution < 1.29 is 0 Å². The number of rotatable bonds is 6. The molecule has 4 heteroatoms. The number of anilines is 1. The molecule has 1 aliphatic rings. The van der Waals surface area contributed by atoms with Crippen LogP contribution in [0.4, 0.5) is 5.13 Å². The summed E-state index contributed by atoms with van der Waals surface area (Å²) in [4.78, 5) is 8.85. The number of hydrogen-bond acceptors (Lipinski definition) is 4. The van der Waals surface area contributed by atoms with Crippen LogP contribution in [0.5, 0.6) is 0 Å². The largest absolute Gasteiger partial charge is 0.345 e. The van der Waals surface area contributed by atoms with Gasteiger partial charge in [-0.05, 0) is 45.1 Å². The van der Waals surface area contributed by atoms with Gasteiger partial charge in [-0.15, -0.1) is 11.3 Å². The van der Waals surface area contributed by atoms with E-state index in [1.54, 1.807) is 0 Å². The standard InChI is InChI=1S/C16H29N3S/c1-5-14-15(11-17-10-12(2)3)20-16(18-14)19-9-7-6-8-13(19)4/h12-13,17H,5-11H2,1-4H3. The lowest BCUT2D eigenvalue weighted by Gasteiger charge is -2.33. The Hall–Kier alpha value is -0.610. The Labute approximate surface area is 127 Å². The summed E-state index contributed by atoms with van der Waals surface area (Å²) < 4.78 is 0. The van der Waals surface area contributed by atoms with Gasteiger partial charge < -0.3 is 10.2 Å². The first-order valence-corrected chi connectivity index (χ1v) is 8.89. The van der Waals surface area contributed by atoms with Crippen LogP contribution in [-0.4, -0.2) is 24.1 Å². The molecule has 0 radical (unpaired) electrons. The number of nitrogens with one attached hydrogen (secondary N) is 1. The summed E-state index contributed by atoms with van der Waals surface area (Å²) in [7, 11) is 0. The van der Waals surface area contributed by atoms with E-state index in [2.05, 4.69) is 37.9 Å². The molecule has 1 atom stereocenters. The van der Waals surface area contributed by atoms with E-state index in [1.807, 2.05) is 11.3 Å². The van der Waals surface area contributed by atoms with Gasteiger partial charge in [0.05, 0.1) is 5.69 Å². The van der Waals surface area contributed by atoms with Crippen molar-refractivity contribution >= 4 is 16.5 Å². The van der Waals surface area contributed by atoms with Gasteiger partial charge in [0.1, 0.15) is 0 Å². The minimum absolute atomic E-state index is 0.649. The maximum absolute atomic E-state index is 4.90. The van der Waals surface area contributed by atoms with Crippen LogP contribution in [0.3, 0.4) is 0 Å². The molecule has 1 unspecified atom stereocenters. The molecule has 1 aromatic rings. The smallest absolute Gasteiger partial charge is 0.186 e. The summed E-state index contributed by atoms with van der Waals surface area (Å²) in [5, 5.41) is 4.80. The Morgan fingerprint density at radius 1 is 1.40 bits per heavy atom. The molecule has 0 saturated carbocycles. The normalized spacial score (nSPS) is 19.9. The number of nitrogens with zero attached hydrogens (tertiary/aromatic N) is 2. The van der Waals surface area contributed by atoms with Crippen molar-refractivity contribution in [1.82, 2.24) is 10.3 Å². The first-order chi connectivity index (χ1) is 9.61. The first kappa shape index (κ1) is 15.8. The van der Waals surface area contributed by atoms with Crippen LogP contribution in [0.1, 0.15) is 57.5 Å². The quantitative estimate of drug-likeness (QED) is 0.864. The van der Waals surface area contributed by atoms with Gasteiger partial charge >= 0.3 is 0 Å². The zero-order valence-corrected chi connectivity index (χ0v) is 14.2. The maximum Gasteiger partial charge on any atom is 0.186 e. The minimum atomic E-state index is 0.649. The van der Waals surface area contributed by atoms with E-state index in [4.69, 9.17) is 4.98 Å². The molecule has 0 aromatic carbocycles. The molecule has 0 aliphatic carbocycles. The SMILES string of the molecule is CCc1nc(N2CCCCC2C)sc1CNCC(C)C. The van der Waals surface area contributed by atoms with E-state index in [-0.39, 0.29) is 0 Å². The summed E-state index contributed by atoms with van der Waals surface area (Å²) in [6.07, 6.45) is 5.03. The third-order valence-electron chi connectivity index (χ3n) is 3.99. The Morgan fingerprint density at radius 2 is 2.20 bits per heavy atom. The third-order valence-corrected chi connectivity index (χ3v) is 5.12. The molecule has 1 fully saturated rings. The summed E-state index contributed by atoms with van der Waals surface area (Å²) in [5.74, 6) is 0.703. The van der Waals surface area contributed by atoms with Crippen molar-refractivity contribution in [1.29, 1.82) is 0 Å². The zero-order valence-electron chi connectivity index (χ0n) is 13.4. The minimum Gasteiger partial charge on any atom is -0.345 e. The lowest BCUT2D eigenvalue weighted by molar-refractivity contribution is 0.484. The van der Waals surface area contributed by atoms with E-state index < -0.39 is 0 Å². The highest BCUT2D eigenvalue weighted by molar-refractivity contribution is 7.15. The monoisotopic (exact) mass is 295 g/mol. The second kappa shape index (κ2) is 7.41. The number of piperidine rings is 1. The molecule has 1 aliphatic heterocycles. The number of aromatic nitrogens is 1. The predicted molar refractivity (Wildman–Crippen MR) is 88.7 cm³/mol. The second-order valence-corrected chi connectivity index (χ2v) is 7.34. The summed E-state index contributed by atoms with van der Waals surface area (Å²) in [6, 6.07) is 0.649. The molecule has 0 spiro atoms. The van der Waals surface area contributed by atoms with E-state index in [0.29, 0.717) is 12.0 Å². The van der Waals surface area contributed by atoms with Gasteiger partial charge in [-0.1, -0.05) is 20.8 Å². The topological polar surface area (TPSA) is 28.2 Å². The third kappa shape index (κ3) is 3.95. The van der Waals surface area contributed by atoms with Gasteiger partial charge in [0.25, 0.3) is 0 Å². The molecule has 0 bridgehead atoms. The fourth-order valence-corrected chi connectivity index (χ4v) is 4.01. The fraction of sp³-hybridized carbons (Fsp3) is 0.812. The molecule has 1 saturated heterocycles. The Morgan fingerprint density at radius 3 is 2.85 bits per heavy atom. The molecular formula is C16H29N3S. The molecule has 1 N–H and O–H groups in total. The number of hydrogen-bond donors (Lipinski definition) is 1. The van der Waals surface area contributed by atoms with Crippen LogP contribution in [0.15, 0.2) is 0 Å². The highest BCUT2D eigenvalue weighted by atomic mass is 32.1. The van der Waals surface area contributed by atoms with Crippen molar-refractivity contribution in [3.8, 4) is 0 Å². The molecule has 1 aromatic heterocycles. The first-order valence-electron chi connectivity index (χ1n) is 8.07. The van der Waals surface area contributed by atoms with Crippen LogP contribution < -0.4 is 10.2 Å². The number of thiazole rings is 1. The molecular weight excluding hydrogens is 266 g/mol. The van der Waals surface area contributed by atoms with E-state index in [9.17, 15) is 0 Å². The van der Waals surface area contributed by atoms with Crippen LogP contribution >= 0.6 is 11.3 Å². The highest BCUT2D eigenvalue weighted by Gasteiger charge is 2.22. The van der Waals surface area contributed by atoms with Crippen LogP contribution in [-0.2, 0) is 13.0 Å². The molecule has 2 rings (SSSR count). The Bertz CT molecular complexity index is 414. The Balaban J connectivity index is 2.05. The number of aryl methyl sites for hydroxylation is 1. The van der Waals surface area contributed by atoms with Crippen molar-refractivity contribution in [2.24, 2.45) is 5.92 Å². The lowest BCUT2D eigenvalue weighted by atomic mass is 10.1. The molecule has 3 nitrogen and oxygen atoms in total. The highest BCUT2D eigenvalue weighted by Crippen LogP contribution is 2.31. The van der Waals surface area contributed by atoms with Crippen molar-refractivity contribution in [2.45, 2.75) is 66.0 Å². The van der Waals surface area contributed by atoms with Gasteiger partial charge in [0.15, 0.2) is 5.13 Å². The summed E-state index contributed by atoms with van der Waals surface area (Å²) >= 11 is 1.90. The average molecular weight is 295 g/mol. The summed E-state index contributed by atoms with van der Waals surface area (Å²) in [6.45, 7) is 12.3. The predicted octanol–water partition coefficient (Wildman–Crippen LogP) is 3.83. The zero-order chi connectivity index (χ0) is 14.5. The van der Waals surface area contributed by atoms with E-state index >= 15 is 0 Å². The van der Waals surface area contributed by atoms with Crippen LogP contribution in [0.25, 0.3) is 0 Å². The van der Waals surface area contributed by atoms with Crippen molar-refractivity contribution in [2.75, 3.05) is 18.0 Å². The van der Waals surface area contributed by atoms with Gasteiger partial charge in [-0.2, -0.15) is 0 Å². The Kier molecular flexibility index (Phi) is 5.85. The van der Waals surface area contributed by atoms with Crippen LogP contribution in [0.2, 0.25) is 0 Å². The summed E-state index contributed by atoms with van der Waals surface area (Å²) in [5.41, 5.74) is 1.29. The van der Waals surface area contributed by atoms with E-state index in [0.717, 1.165) is 19.5 Å². The van der Waals surface area contributed by atoms with Gasteiger partial charge in [-0.3, -0.25) is 0 Å². The van der Waals surface area contributed by atoms with Crippen molar-refractivity contribution in [3.63, 3.8) is 0 Å². The maximum atomic E-state index is 4.90. The molecule has 0 amide bonds. The molecule has 114 valence electrons.